The summed E-state index contributed by atoms with van der Waals surface area (Å²) in [4.78, 5) is 11.0. The monoisotopic (exact) mass is 236 g/mol. The maximum Gasteiger partial charge on any atom is 0.149 e. The smallest absolute Gasteiger partial charge is 0.149 e. The van der Waals surface area contributed by atoms with Crippen LogP contribution in [-0.4, -0.2) is 43.8 Å². The Morgan fingerprint density at radius 3 is 3.18 bits per heavy atom. The average molecular weight is 236 g/mol. The van der Waals surface area contributed by atoms with Crippen LogP contribution in [0.25, 0.3) is 0 Å². The third-order valence-corrected chi connectivity index (χ3v) is 3.12. The van der Waals surface area contributed by atoms with Gasteiger partial charge in [-0.05, 0) is 18.8 Å². The molecular weight excluding hydrogens is 216 g/mol. The quantitative estimate of drug-likeness (QED) is 0.856. The van der Waals surface area contributed by atoms with Gasteiger partial charge in [-0.1, -0.05) is 0 Å². The van der Waals surface area contributed by atoms with Gasteiger partial charge in [0.05, 0.1) is 19.0 Å². The molecule has 1 aromatic heterocycles. The van der Waals surface area contributed by atoms with E-state index in [0.717, 1.165) is 31.3 Å². The number of ether oxygens (including phenoxy) is 1. The Hall–Kier alpha value is -1.36. The van der Waals surface area contributed by atoms with Crippen LogP contribution < -0.4 is 10.2 Å². The van der Waals surface area contributed by atoms with Gasteiger partial charge in [0.1, 0.15) is 11.6 Å². The van der Waals surface area contributed by atoms with E-state index in [1.54, 1.807) is 13.3 Å². The van der Waals surface area contributed by atoms with E-state index in [1.165, 1.54) is 12.8 Å². The summed E-state index contributed by atoms with van der Waals surface area (Å²) in [6.07, 6.45) is 6.00. The van der Waals surface area contributed by atoms with E-state index in [9.17, 15) is 0 Å². The largest absolute Gasteiger partial charge is 0.384 e. The van der Waals surface area contributed by atoms with Crippen LogP contribution in [0.15, 0.2) is 12.4 Å². The molecule has 1 aromatic rings. The van der Waals surface area contributed by atoms with Crippen molar-refractivity contribution in [2.24, 2.45) is 5.92 Å². The maximum atomic E-state index is 5.24. The first-order chi connectivity index (χ1) is 8.33. The van der Waals surface area contributed by atoms with E-state index < -0.39 is 0 Å². The van der Waals surface area contributed by atoms with Crippen molar-refractivity contribution in [3.05, 3.63) is 12.4 Å². The fourth-order valence-corrected chi connectivity index (χ4v) is 2.27. The summed E-state index contributed by atoms with van der Waals surface area (Å²) in [7, 11) is 3.62. The van der Waals surface area contributed by atoms with Crippen molar-refractivity contribution in [1.82, 2.24) is 9.97 Å². The van der Waals surface area contributed by atoms with Crippen molar-refractivity contribution in [1.29, 1.82) is 0 Å². The standard InChI is InChI=1S/C12H20N4O/c1-13-11-6-14-7-12(15-11)16-5-3-4-10(8-16)9-17-2/h6-7,10H,3-5,8-9H2,1-2H3,(H,13,15). The molecule has 5 nitrogen and oxygen atoms in total. The summed E-state index contributed by atoms with van der Waals surface area (Å²) in [5, 5.41) is 3.02. The van der Waals surface area contributed by atoms with E-state index in [1.807, 2.05) is 13.2 Å². The first-order valence-electron chi connectivity index (χ1n) is 6.07. The van der Waals surface area contributed by atoms with Gasteiger partial charge in [-0.3, -0.25) is 4.98 Å². The zero-order valence-electron chi connectivity index (χ0n) is 10.5. The molecule has 17 heavy (non-hydrogen) atoms. The van der Waals surface area contributed by atoms with Crippen molar-refractivity contribution in [3.8, 4) is 0 Å². The van der Waals surface area contributed by atoms with Gasteiger partial charge in [0.15, 0.2) is 0 Å². The van der Waals surface area contributed by atoms with Gasteiger partial charge < -0.3 is 15.0 Å². The molecule has 0 aliphatic carbocycles. The Bertz CT molecular complexity index is 356. The number of hydrogen-bond donors (Lipinski definition) is 1. The topological polar surface area (TPSA) is 50.3 Å². The molecule has 0 saturated carbocycles. The SMILES string of the molecule is CNc1cncc(N2CCCC(COC)C2)n1. The van der Waals surface area contributed by atoms with E-state index in [2.05, 4.69) is 20.2 Å². The van der Waals surface area contributed by atoms with E-state index in [-0.39, 0.29) is 0 Å². The Morgan fingerprint density at radius 2 is 2.41 bits per heavy atom. The summed E-state index contributed by atoms with van der Waals surface area (Å²) in [6.45, 7) is 2.90. The number of methoxy groups -OCH3 is 1. The highest BCUT2D eigenvalue weighted by molar-refractivity contribution is 5.43. The van der Waals surface area contributed by atoms with Crippen molar-refractivity contribution in [3.63, 3.8) is 0 Å². The Kier molecular flexibility index (Phi) is 4.14. The number of anilines is 2. The second kappa shape index (κ2) is 5.82. The summed E-state index contributed by atoms with van der Waals surface area (Å²) >= 11 is 0. The van der Waals surface area contributed by atoms with Crippen LogP contribution in [0, 0.1) is 5.92 Å². The molecule has 2 heterocycles. The van der Waals surface area contributed by atoms with E-state index >= 15 is 0 Å². The molecule has 0 aromatic carbocycles. The van der Waals surface area contributed by atoms with Crippen molar-refractivity contribution < 1.29 is 4.74 Å². The lowest BCUT2D eigenvalue weighted by molar-refractivity contribution is 0.143. The first kappa shape index (κ1) is 12.1. The minimum atomic E-state index is 0.605. The summed E-state index contributed by atoms with van der Waals surface area (Å²) in [5.41, 5.74) is 0. The van der Waals surface area contributed by atoms with Crippen LogP contribution in [0.4, 0.5) is 11.6 Å². The zero-order valence-corrected chi connectivity index (χ0v) is 10.5. The predicted octanol–water partition coefficient (Wildman–Crippen LogP) is 1.38. The van der Waals surface area contributed by atoms with Gasteiger partial charge >= 0.3 is 0 Å². The fraction of sp³-hybridized carbons (Fsp3) is 0.667. The van der Waals surface area contributed by atoms with Gasteiger partial charge in [-0.2, -0.15) is 0 Å². The second-order valence-corrected chi connectivity index (χ2v) is 4.42. The lowest BCUT2D eigenvalue weighted by atomic mass is 9.99. The maximum absolute atomic E-state index is 5.24. The molecule has 0 bridgehead atoms. The molecular formula is C12H20N4O. The van der Waals surface area contributed by atoms with E-state index in [0.29, 0.717) is 5.92 Å². The summed E-state index contributed by atoms with van der Waals surface area (Å²) in [6, 6.07) is 0. The van der Waals surface area contributed by atoms with Gasteiger partial charge in [-0.15, -0.1) is 0 Å². The molecule has 1 atom stereocenters. The molecule has 1 N–H and O–H groups in total. The Labute approximate surface area is 102 Å². The lowest BCUT2D eigenvalue weighted by Crippen LogP contribution is -2.37. The number of aromatic nitrogens is 2. The van der Waals surface area contributed by atoms with Crippen LogP contribution >= 0.6 is 0 Å². The molecule has 1 aliphatic rings. The molecule has 94 valence electrons. The Morgan fingerprint density at radius 1 is 1.53 bits per heavy atom. The summed E-state index contributed by atoms with van der Waals surface area (Å²) < 4.78 is 5.24. The fourth-order valence-electron chi connectivity index (χ4n) is 2.27. The molecule has 0 spiro atoms. The van der Waals surface area contributed by atoms with Crippen LogP contribution in [0.2, 0.25) is 0 Å². The van der Waals surface area contributed by atoms with Crippen molar-refractivity contribution in [2.75, 3.05) is 44.1 Å². The van der Waals surface area contributed by atoms with Crippen molar-refractivity contribution in [2.45, 2.75) is 12.8 Å². The normalized spacial score (nSPS) is 20.4. The molecule has 1 fully saturated rings. The summed E-state index contributed by atoms with van der Waals surface area (Å²) in [5.74, 6) is 2.38. The third kappa shape index (κ3) is 3.06. The van der Waals surface area contributed by atoms with Gasteiger partial charge in [0.25, 0.3) is 0 Å². The zero-order chi connectivity index (χ0) is 12.1. The van der Waals surface area contributed by atoms with Crippen LogP contribution in [0.3, 0.4) is 0 Å². The first-order valence-corrected chi connectivity index (χ1v) is 6.07. The molecule has 2 rings (SSSR count). The number of nitrogens with zero attached hydrogens (tertiary/aromatic N) is 3. The second-order valence-electron chi connectivity index (χ2n) is 4.42. The number of nitrogens with one attached hydrogen (secondary N) is 1. The highest BCUT2D eigenvalue weighted by Crippen LogP contribution is 2.21. The van der Waals surface area contributed by atoms with Gasteiger partial charge in [0.2, 0.25) is 0 Å². The van der Waals surface area contributed by atoms with Crippen LogP contribution in [-0.2, 0) is 4.74 Å². The van der Waals surface area contributed by atoms with E-state index in [4.69, 9.17) is 4.74 Å². The van der Waals surface area contributed by atoms with Gasteiger partial charge in [-0.25, -0.2) is 4.98 Å². The highest BCUT2D eigenvalue weighted by Gasteiger charge is 2.21. The number of piperidine rings is 1. The molecule has 1 aliphatic heterocycles. The minimum Gasteiger partial charge on any atom is -0.384 e. The number of rotatable bonds is 4. The highest BCUT2D eigenvalue weighted by atomic mass is 16.5. The molecule has 0 amide bonds. The predicted molar refractivity (Wildman–Crippen MR) is 68.4 cm³/mol. The van der Waals surface area contributed by atoms with Gasteiger partial charge in [0, 0.05) is 27.2 Å². The average Bonchev–Trinajstić information content (AvgIpc) is 2.40. The Balaban J connectivity index is 2.05. The lowest BCUT2D eigenvalue weighted by Gasteiger charge is -2.33. The third-order valence-electron chi connectivity index (χ3n) is 3.12. The number of hydrogen-bond acceptors (Lipinski definition) is 5. The molecule has 0 radical (unpaired) electrons. The van der Waals surface area contributed by atoms with Crippen molar-refractivity contribution >= 4 is 11.6 Å². The van der Waals surface area contributed by atoms with Crippen LogP contribution in [0.5, 0.6) is 0 Å². The molecule has 5 heteroatoms. The van der Waals surface area contributed by atoms with Crippen LogP contribution in [0.1, 0.15) is 12.8 Å². The minimum absolute atomic E-state index is 0.605. The molecule has 1 saturated heterocycles. The molecule has 1 unspecified atom stereocenters.